The van der Waals surface area contributed by atoms with Gasteiger partial charge in [-0.1, -0.05) is 57.5 Å². The van der Waals surface area contributed by atoms with Gasteiger partial charge in [0.2, 0.25) is 5.91 Å². The summed E-state index contributed by atoms with van der Waals surface area (Å²) in [7, 11) is 0. The Morgan fingerprint density at radius 1 is 1.23 bits per heavy atom. The van der Waals surface area contributed by atoms with Gasteiger partial charge in [0.1, 0.15) is 6.10 Å². The minimum atomic E-state index is -0.519. The molecule has 0 saturated heterocycles. The van der Waals surface area contributed by atoms with Crippen molar-refractivity contribution in [3.05, 3.63) is 35.9 Å². The second-order valence-electron chi connectivity index (χ2n) is 7.77. The molecule has 0 bridgehead atoms. The van der Waals surface area contributed by atoms with E-state index in [9.17, 15) is 9.59 Å². The van der Waals surface area contributed by atoms with E-state index in [0.29, 0.717) is 17.8 Å². The van der Waals surface area contributed by atoms with Gasteiger partial charge in [-0.3, -0.25) is 9.59 Å². The van der Waals surface area contributed by atoms with E-state index in [1.165, 1.54) is 6.42 Å². The normalized spacial score (nSPS) is 24.1. The van der Waals surface area contributed by atoms with Gasteiger partial charge >= 0.3 is 5.97 Å². The minimum absolute atomic E-state index is 0.0281. The number of nitrogens with two attached hydrogens (primary N) is 1. The first kappa shape index (κ1) is 20.4. The highest BCUT2D eigenvalue weighted by Crippen LogP contribution is 2.38. The molecule has 5 nitrogen and oxygen atoms in total. The first-order chi connectivity index (χ1) is 12.4. The Kier molecular flexibility index (Phi) is 7.64. The Hall–Kier alpha value is -1.88. The molecule has 1 amide bonds. The van der Waals surface area contributed by atoms with Gasteiger partial charge in [-0.05, 0) is 36.2 Å². The highest BCUT2D eigenvalue weighted by Gasteiger charge is 2.35. The van der Waals surface area contributed by atoms with Crippen molar-refractivity contribution in [2.24, 2.45) is 29.4 Å². The summed E-state index contributed by atoms with van der Waals surface area (Å²) in [5.74, 6) is 1.09. The van der Waals surface area contributed by atoms with E-state index in [4.69, 9.17) is 10.5 Å². The van der Waals surface area contributed by atoms with Gasteiger partial charge < -0.3 is 15.8 Å². The third-order valence-electron chi connectivity index (χ3n) is 5.43. The van der Waals surface area contributed by atoms with Crippen molar-refractivity contribution in [3.63, 3.8) is 0 Å². The van der Waals surface area contributed by atoms with Crippen LogP contribution < -0.4 is 11.1 Å². The number of hydrogen-bond donors (Lipinski definition) is 2. The summed E-state index contributed by atoms with van der Waals surface area (Å²) in [4.78, 5) is 24.5. The topological polar surface area (TPSA) is 81.4 Å². The zero-order valence-electron chi connectivity index (χ0n) is 16.1. The number of carbonyl (C=O) groups is 2. The lowest BCUT2D eigenvalue weighted by molar-refractivity contribution is -0.148. The van der Waals surface area contributed by atoms with Crippen LogP contribution in [-0.2, 0) is 14.3 Å². The first-order valence-corrected chi connectivity index (χ1v) is 9.64. The molecule has 1 aromatic rings. The first-order valence-electron chi connectivity index (χ1n) is 9.64. The second kappa shape index (κ2) is 9.72. The SMILES string of the molecule is CC(C)[C@@H]1CC[C@@H](C)C[C@H]1C(=O)NCC(OC(=O)CN)c1ccccc1. The second-order valence-corrected chi connectivity index (χ2v) is 7.77. The number of benzene rings is 1. The summed E-state index contributed by atoms with van der Waals surface area (Å²) < 4.78 is 5.44. The number of nitrogens with one attached hydrogen (secondary N) is 1. The molecule has 144 valence electrons. The Bertz CT molecular complexity index is 588. The maximum atomic E-state index is 12.9. The lowest BCUT2D eigenvalue weighted by atomic mass is 9.70. The van der Waals surface area contributed by atoms with E-state index >= 15 is 0 Å². The molecule has 0 aromatic heterocycles. The monoisotopic (exact) mass is 360 g/mol. The fourth-order valence-electron chi connectivity index (χ4n) is 3.93. The van der Waals surface area contributed by atoms with Crippen LogP contribution in [0.3, 0.4) is 0 Å². The quantitative estimate of drug-likeness (QED) is 0.732. The standard InChI is InChI=1S/C21H32N2O3/c1-14(2)17-10-9-15(3)11-18(17)21(25)23-13-19(26-20(24)12-22)16-7-5-4-6-8-16/h4-8,14-15,17-19H,9-13,22H2,1-3H3,(H,23,25)/t15-,17+,18-,19?/m1/s1. The molecule has 1 aliphatic rings. The van der Waals surface area contributed by atoms with Crippen molar-refractivity contribution in [1.82, 2.24) is 5.32 Å². The van der Waals surface area contributed by atoms with E-state index in [0.717, 1.165) is 18.4 Å². The van der Waals surface area contributed by atoms with Gasteiger partial charge in [0.25, 0.3) is 0 Å². The molecular formula is C21H32N2O3. The van der Waals surface area contributed by atoms with Crippen molar-refractivity contribution >= 4 is 11.9 Å². The van der Waals surface area contributed by atoms with Crippen molar-refractivity contribution < 1.29 is 14.3 Å². The van der Waals surface area contributed by atoms with E-state index in [1.54, 1.807) is 0 Å². The summed E-state index contributed by atoms with van der Waals surface area (Å²) in [5, 5.41) is 3.03. The number of carbonyl (C=O) groups excluding carboxylic acids is 2. The van der Waals surface area contributed by atoms with Gasteiger partial charge in [0.05, 0.1) is 13.1 Å². The van der Waals surface area contributed by atoms with Gasteiger partial charge in [-0.2, -0.15) is 0 Å². The zero-order valence-corrected chi connectivity index (χ0v) is 16.1. The third-order valence-corrected chi connectivity index (χ3v) is 5.43. The van der Waals surface area contributed by atoms with Crippen molar-refractivity contribution in [3.8, 4) is 0 Å². The number of ether oxygens (including phenoxy) is 1. The van der Waals surface area contributed by atoms with Crippen molar-refractivity contribution in [2.45, 2.75) is 46.1 Å². The molecule has 5 heteroatoms. The Balaban J connectivity index is 2.04. The lowest BCUT2D eigenvalue weighted by Gasteiger charge is -2.36. The molecule has 0 radical (unpaired) electrons. The average Bonchev–Trinajstić information content (AvgIpc) is 2.64. The third kappa shape index (κ3) is 5.56. The molecule has 1 aromatic carbocycles. The van der Waals surface area contributed by atoms with Crippen LogP contribution in [0.15, 0.2) is 30.3 Å². The molecule has 0 heterocycles. The summed E-state index contributed by atoms with van der Waals surface area (Å²) in [6.07, 6.45) is 2.69. The smallest absolute Gasteiger partial charge is 0.320 e. The van der Waals surface area contributed by atoms with Gasteiger partial charge in [-0.25, -0.2) is 0 Å². The molecule has 4 atom stereocenters. The van der Waals surface area contributed by atoms with E-state index < -0.39 is 12.1 Å². The van der Waals surface area contributed by atoms with Crippen molar-refractivity contribution in [2.75, 3.05) is 13.1 Å². The minimum Gasteiger partial charge on any atom is -0.455 e. The molecule has 1 unspecified atom stereocenters. The number of rotatable bonds is 7. The summed E-state index contributed by atoms with van der Waals surface area (Å²) in [6, 6.07) is 9.46. The fourth-order valence-corrected chi connectivity index (χ4v) is 3.93. The van der Waals surface area contributed by atoms with Gasteiger partial charge in [0, 0.05) is 5.92 Å². The molecule has 0 spiro atoms. The predicted molar refractivity (Wildman–Crippen MR) is 102 cm³/mol. The van der Waals surface area contributed by atoms with Crippen LogP contribution >= 0.6 is 0 Å². The molecule has 2 rings (SSSR count). The van der Waals surface area contributed by atoms with Crippen LogP contribution in [0.4, 0.5) is 0 Å². The van der Waals surface area contributed by atoms with Crippen LogP contribution in [0, 0.1) is 23.7 Å². The molecule has 0 aliphatic heterocycles. The van der Waals surface area contributed by atoms with E-state index in [-0.39, 0.29) is 24.9 Å². The van der Waals surface area contributed by atoms with Crippen LogP contribution in [0.25, 0.3) is 0 Å². The Labute approximate surface area is 156 Å². The van der Waals surface area contributed by atoms with Gasteiger partial charge in [0.15, 0.2) is 0 Å². The molecule has 3 N–H and O–H groups in total. The molecule has 26 heavy (non-hydrogen) atoms. The maximum Gasteiger partial charge on any atom is 0.320 e. The molecule has 1 aliphatic carbocycles. The fraction of sp³-hybridized carbons (Fsp3) is 0.619. The summed E-state index contributed by atoms with van der Waals surface area (Å²) in [6.45, 7) is 6.69. The van der Waals surface area contributed by atoms with E-state index in [2.05, 4.69) is 26.1 Å². The number of hydrogen-bond acceptors (Lipinski definition) is 4. The molecule has 1 fully saturated rings. The predicted octanol–water partition coefficient (Wildman–Crippen LogP) is 3.05. The van der Waals surface area contributed by atoms with Crippen LogP contribution in [0.2, 0.25) is 0 Å². The zero-order chi connectivity index (χ0) is 19.1. The highest BCUT2D eigenvalue weighted by atomic mass is 16.5. The average molecular weight is 360 g/mol. The molecule has 1 saturated carbocycles. The number of amides is 1. The lowest BCUT2D eigenvalue weighted by Crippen LogP contribution is -2.42. The van der Waals surface area contributed by atoms with Gasteiger partial charge in [-0.15, -0.1) is 0 Å². The van der Waals surface area contributed by atoms with E-state index in [1.807, 2.05) is 30.3 Å². The largest absolute Gasteiger partial charge is 0.455 e. The Morgan fingerprint density at radius 2 is 1.92 bits per heavy atom. The Morgan fingerprint density at radius 3 is 2.54 bits per heavy atom. The number of esters is 1. The van der Waals surface area contributed by atoms with Crippen LogP contribution in [0.5, 0.6) is 0 Å². The maximum absolute atomic E-state index is 12.9. The van der Waals surface area contributed by atoms with Crippen LogP contribution in [-0.4, -0.2) is 25.0 Å². The summed E-state index contributed by atoms with van der Waals surface area (Å²) in [5.41, 5.74) is 6.23. The molecular weight excluding hydrogens is 328 g/mol. The highest BCUT2D eigenvalue weighted by molar-refractivity contribution is 5.79. The van der Waals surface area contributed by atoms with Crippen LogP contribution in [0.1, 0.15) is 51.7 Å². The van der Waals surface area contributed by atoms with Crippen molar-refractivity contribution in [1.29, 1.82) is 0 Å². The summed E-state index contributed by atoms with van der Waals surface area (Å²) >= 11 is 0.